The van der Waals surface area contributed by atoms with Crippen molar-refractivity contribution >= 4 is 106 Å². The molecule has 1 saturated heterocycles. The third-order valence-electron chi connectivity index (χ3n) is 11.0. The Bertz CT molecular complexity index is 2250. The maximum Gasteiger partial charge on any atom is 0.215 e. The SMILES string of the molecule is Clc1ccccc1CC1(C2(Cl)CC2)CO1.OC(CCl)(Cc1ccccc1Cl)C1(Cl)CC1.OC(Cc1ccccc1Cl)(Cn1[nH]cnc1=S)C1(Cl)CC1.S=c1nc[nH][nH]1. The number of benzene rings is 3. The van der Waals surface area contributed by atoms with Gasteiger partial charge in [0.25, 0.3) is 0 Å². The Morgan fingerprint density at radius 1 is 0.707 bits per heavy atom. The summed E-state index contributed by atoms with van der Waals surface area (Å²) in [6.45, 7) is 1.04. The molecule has 4 fully saturated rings. The molecule has 3 aliphatic carbocycles. The number of nitrogens with zero attached hydrogens (tertiary/aromatic N) is 3. The second kappa shape index (κ2) is 18.7. The smallest absolute Gasteiger partial charge is 0.215 e. The summed E-state index contributed by atoms with van der Waals surface area (Å²) in [5.41, 5.74) is 0.577. The van der Waals surface area contributed by atoms with Gasteiger partial charge in [0, 0.05) is 34.3 Å². The Kier molecular flexibility index (Phi) is 14.8. The number of nitrogens with one attached hydrogen (secondary N) is 3. The number of ether oxygens (including phenoxy) is 1. The Balaban J connectivity index is 0.000000138. The second-order valence-electron chi connectivity index (χ2n) is 15.3. The monoisotopic (exact) mass is 964 g/mol. The van der Waals surface area contributed by atoms with E-state index in [0.29, 0.717) is 32.4 Å². The lowest BCUT2D eigenvalue weighted by Gasteiger charge is -2.33. The van der Waals surface area contributed by atoms with Gasteiger partial charge in [-0.2, -0.15) is 0 Å². The van der Waals surface area contributed by atoms with E-state index in [1.807, 2.05) is 66.7 Å². The van der Waals surface area contributed by atoms with E-state index in [0.717, 1.165) is 73.3 Å². The maximum atomic E-state index is 11.2. The van der Waals surface area contributed by atoms with Crippen LogP contribution >= 0.6 is 106 Å². The Labute approximate surface area is 382 Å². The normalized spacial score (nSPS) is 21.9. The second-order valence-corrected chi connectivity index (χ2v) is 19.7. The molecule has 2 aromatic heterocycles. The average Bonchev–Trinajstić information content (AvgIpc) is 4.12. The summed E-state index contributed by atoms with van der Waals surface area (Å²) in [6, 6.07) is 22.8. The number of rotatable bonds is 12. The number of hydrogen-bond acceptors (Lipinski definition) is 7. The van der Waals surface area contributed by atoms with Gasteiger partial charge in [-0.05, 0) is 97.9 Å². The number of aromatic nitrogens is 6. The molecule has 0 radical (unpaired) electrons. The van der Waals surface area contributed by atoms with Gasteiger partial charge in [-0.3, -0.25) is 20.0 Å². The molecule has 3 atom stereocenters. The number of alkyl halides is 4. The number of aromatic amines is 3. The van der Waals surface area contributed by atoms with Crippen molar-refractivity contribution in [3.05, 3.63) is 127 Å². The van der Waals surface area contributed by atoms with Gasteiger partial charge in [0.15, 0.2) is 0 Å². The number of hydrogen-bond donors (Lipinski definition) is 5. The molecule has 9 rings (SSSR count). The highest BCUT2D eigenvalue weighted by Crippen LogP contribution is 2.60. The van der Waals surface area contributed by atoms with E-state index in [2.05, 4.69) is 37.5 Å². The largest absolute Gasteiger partial charge is 0.386 e. The summed E-state index contributed by atoms with van der Waals surface area (Å²) in [7, 11) is 0. The molecule has 58 heavy (non-hydrogen) atoms. The molecule has 18 heteroatoms. The molecule has 3 heterocycles. The molecule has 4 aliphatic rings. The first-order valence-corrected chi connectivity index (χ1v) is 22.2. The predicted octanol–water partition coefficient (Wildman–Crippen LogP) is 10.9. The molecule has 0 spiro atoms. The fraction of sp³-hybridized carbons (Fsp3) is 0.450. The van der Waals surface area contributed by atoms with Crippen molar-refractivity contribution in [2.45, 2.75) is 95.8 Å². The van der Waals surface area contributed by atoms with Crippen LogP contribution in [0.1, 0.15) is 55.2 Å². The van der Waals surface area contributed by atoms with Gasteiger partial charge in [0.05, 0.1) is 33.7 Å². The van der Waals surface area contributed by atoms with Gasteiger partial charge >= 0.3 is 0 Å². The van der Waals surface area contributed by atoms with Crippen molar-refractivity contribution in [1.29, 1.82) is 0 Å². The van der Waals surface area contributed by atoms with Gasteiger partial charge in [-0.1, -0.05) is 89.4 Å². The number of halogens is 7. The standard InChI is InChI=1S/C14H15Cl2N3OS.C12H13Cl3O.C12H12Cl2O.C2H3N3S/c15-11-4-2-1-3-10(11)7-14(20,13(16)5-6-13)8-19-12(21)17-9-18-19;13-8-12(16,11(15)5-6-11)7-9-3-1-2-4-10(9)14;13-10-4-2-1-3-9(10)7-12(8-15-12)11(14)5-6-11;6-2-3-1-4-5-2/h1-4,9,20H,5-8H2,(H,17,18,21);1-4,16H,5-8H2;1-4H,5-8H2;1H,(H2,3,4,5,6). The minimum atomic E-state index is -1.13. The van der Waals surface area contributed by atoms with Crippen LogP contribution in [0.4, 0.5) is 0 Å². The summed E-state index contributed by atoms with van der Waals surface area (Å²) in [5.74, 6) is 0.127. The van der Waals surface area contributed by atoms with E-state index in [1.165, 1.54) is 12.7 Å². The van der Waals surface area contributed by atoms with Crippen LogP contribution in [-0.4, -0.2) is 84.1 Å². The first kappa shape index (κ1) is 45.8. The third-order valence-corrected chi connectivity index (χ3v) is 15.3. The van der Waals surface area contributed by atoms with Crippen molar-refractivity contribution < 1.29 is 14.9 Å². The topological polar surface area (TPSA) is 131 Å². The van der Waals surface area contributed by atoms with E-state index in [1.54, 1.807) is 10.7 Å². The molecule has 3 unspecified atom stereocenters. The van der Waals surface area contributed by atoms with E-state index < -0.39 is 21.0 Å². The summed E-state index contributed by atoms with van der Waals surface area (Å²) < 4.78 is 8.12. The molecule has 1 aliphatic heterocycles. The first-order valence-electron chi connectivity index (χ1n) is 18.6. The van der Waals surface area contributed by atoms with E-state index in [9.17, 15) is 10.2 Å². The van der Waals surface area contributed by atoms with Crippen LogP contribution in [0.2, 0.25) is 15.1 Å². The summed E-state index contributed by atoms with van der Waals surface area (Å²) in [6.07, 6.45) is 9.93. The maximum absolute atomic E-state index is 11.2. The summed E-state index contributed by atoms with van der Waals surface area (Å²) in [5, 5.41) is 31.8. The number of epoxide rings is 1. The molecule has 5 aromatic rings. The van der Waals surface area contributed by atoms with Gasteiger partial charge in [-0.25, -0.2) is 9.97 Å². The highest BCUT2D eigenvalue weighted by Gasteiger charge is 2.67. The van der Waals surface area contributed by atoms with Crippen LogP contribution < -0.4 is 0 Å². The summed E-state index contributed by atoms with van der Waals surface area (Å²) in [4.78, 5) is 6.29. The average molecular weight is 968 g/mol. The molecule has 5 N–H and O–H groups in total. The highest BCUT2D eigenvalue weighted by molar-refractivity contribution is 7.71. The van der Waals surface area contributed by atoms with Crippen LogP contribution in [0.25, 0.3) is 0 Å². The van der Waals surface area contributed by atoms with Crippen LogP contribution in [0.3, 0.4) is 0 Å². The quantitative estimate of drug-likeness (QED) is 0.0478. The van der Waals surface area contributed by atoms with Crippen LogP contribution in [0.15, 0.2) is 85.5 Å². The van der Waals surface area contributed by atoms with Crippen molar-refractivity contribution in [3.63, 3.8) is 0 Å². The zero-order valence-electron chi connectivity index (χ0n) is 31.2. The van der Waals surface area contributed by atoms with Gasteiger partial charge in [-0.15, -0.1) is 46.4 Å². The van der Waals surface area contributed by atoms with Crippen molar-refractivity contribution in [2.24, 2.45) is 0 Å². The highest BCUT2D eigenvalue weighted by atomic mass is 35.5. The van der Waals surface area contributed by atoms with Crippen LogP contribution in [0, 0.1) is 9.54 Å². The first-order chi connectivity index (χ1) is 27.5. The Morgan fingerprint density at radius 2 is 1.19 bits per heavy atom. The lowest BCUT2D eigenvalue weighted by atomic mass is 9.89. The van der Waals surface area contributed by atoms with Gasteiger partial charge in [0.2, 0.25) is 9.54 Å². The predicted molar refractivity (Wildman–Crippen MR) is 239 cm³/mol. The molecular weight excluding hydrogens is 925 g/mol. The van der Waals surface area contributed by atoms with E-state index in [-0.39, 0.29) is 22.9 Å². The molecule has 312 valence electrons. The minimum Gasteiger partial charge on any atom is -0.386 e. The van der Waals surface area contributed by atoms with Crippen LogP contribution in [-0.2, 0) is 30.5 Å². The van der Waals surface area contributed by atoms with Crippen molar-refractivity contribution in [2.75, 3.05) is 12.5 Å². The summed E-state index contributed by atoms with van der Waals surface area (Å²) >= 11 is 53.2. The molecule has 0 amide bonds. The molecule has 9 nitrogen and oxygen atoms in total. The van der Waals surface area contributed by atoms with E-state index in [4.69, 9.17) is 98.2 Å². The Morgan fingerprint density at radius 3 is 1.55 bits per heavy atom. The number of H-pyrrole nitrogens is 3. The zero-order chi connectivity index (χ0) is 41.8. The Hall–Kier alpha value is -1.71. The van der Waals surface area contributed by atoms with Gasteiger partial charge in [0.1, 0.15) is 29.5 Å². The number of aliphatic hydroxyl groups is 2. The zero-order valence-corrected chi connectivity index (χ0v) is 38.1. The van der Waals surface area contributed by atoms with Crippen LogP contribution in [0.5, 0.6) is 0 Å². The lowest BCUT2D eigenvalue weighted by Crippen LogP contribution is -2.47. The molecule has 3 saturated carbocycles. The third kappa shape index (κ3) is 11.0. The lowest BCUT2D eigenvalue weighted by molar-refractivity contribution is 0.00728. The minimum absolute atomic E-state index is 0.105. The fourth-order valence-corrected chi connectivity index (χ4v) is 8.76. The fourth-order valence-electron chi connectivity index (χ4n) is 6.74. The molecule has 0 bridgehead atoms. The van der Waals surface area contributed by atoms with Crippen molar-refractivity contribution in [1.82, 2.24) is 29.9 Å². The molecular formula is C40H43Cl7N6O3S2. The van der Waals surface area contributed by atoms with Crippen molar-refractivity contribution in [3.8, 4) is 0 Å². The van der Waals surface area contributed by atoms with E-state index >= 15 is 0 Å². The van der Waals surface area contributed by atoms with Gasteiger partial charge < -0.3 is 14.9 Å². The molecule has 3 aromatic carbocycles.